The first-order valence-corrected chi connectivity index (χ1v) is 3.31. The van der Waals surface area contributed by atoms with Crippen LogP contribution in [0.2, 0.25) is 0 Å². The molecule has 2 rings (SSSR count). The highest BCUT2D eigenvalue weighted by Gasteiger charge is 2.39. The lowest BCUT2D eigenvalue weighted by Crippen LogP contribution is -2.33. The fraction of sp³-hybridized carbons (Fsp3) is 0.667. The van der Waals surface area contributed by atoms with Crippen LogP contribution in [-0.4, -0.2) is 15.5 Å². The van der Waals surface area contributed by atoms with Crippen molar-refractivity contribution in [1.82, 2.24) is 10.4 Å². The molecule has 4 heteroatoms. The molecule has 54 valence electrons. The van der Waals surface area contributed by atoms with Crippen molar-refractivity contribution in [3.63, 3.8) is 0 Å². The quantitative estimate of drug-likeness (QED) is 0.615. The van der Waals surface area contributed by atoms with E-state index in [2.05, 4.69) is 10.4 Å². The van der Waals surface area contributed by atoms with E-state index in [4.69, 9.17) is 4.52 Å². The van der Waals surface area contributed by atoms with Gasteiger partial charge in [0.25, 0.3) is 0 Å². The summed E-state index contributed by atoms with van der Waals surface area (Å²) in [6.45, 7) is 0. The van der Waals surface area contributed by atoms with E-state index < -0.39 is 5.60 Å². The van der Waals surface area contributed by atoms with E-state index >= 15 is 0 Å². The lowest BCUT2D eigenvalue weighted by Gasteiger charge is -2.33. The van der Waals surface area contributed by atoms with E-state index in [1.807, 2.05) is 0 Å². The molecule has 4 nitrogen and oxygen atoms in total. The molecule has 1 saturated carbocycles. The Bertz CT molecular complexity index is 216. The molecule has 1 fully saturated rings. The number of rotatable bonds is 1. The van der Waals surface area contributed by atoms with Gasteiger partial charge in [0.1, 0.15) is 5.60 Å². The third-order valence-electron chi connectivity index (χ3n) is 2.00. The van der Waals surface area contributed by atoms with E-state index in [-0.39, 0.29) is 0 Å². The van der Waals surface area contributed by atoms with Gasteiger partial charge in [-0.3, -0.25) is 0 Å². The highest BCUT2D eigenvalue weighted by atomic mass is 16.5. The average Bonchev–Trinajstić information content (AvgIpc) is 2.33. The zero-order valence-electron chi connectivity index (χ0n) is 5.45. The molecule has 0 aliphatic heterocycles. The van der Waals surface area contributed by atoms with Crippen LogP contribution in [0, 0.1) is 0 Å². The van der Waals surface area contributed by atoms with Crippen LogP contribution in [0.3, 0.4) is 0 Å². The summed E-state index contributed by atoms with van der Waals surface area (Å²) in [7, 11) is 0. The summed E-state index contributed by atoms with van der Waals surface area (Å²) in [5.74, 6) is 0.499. The maximum absolute atomic E-state index is 9.60. The molecule has 0 radical (unpaired) electrons. The summed E-state index contributed by atoms with van der Waals surface area (Å²) in [5, 5.41) is 16.4. The minimum absolute atomic E-state index is 0.499. The Labute approximate surface area is 57.8 Å². The van der Waals surface area contributed by atoms with Crippen LogP contribution in [0.1, 0.15) is 25.0 Å². The normalized spacial score (nSPS) is 22.1. The second-order valence-electron chi connectivity index (χ2n) is 2.67. The van der Waals surface area contributed by atoms with Crippen LogP contribution in [0.15, 0.2) is 10.7 Å². The fourth-order valence-corrected chi connectivity index (χ4v) is 1.13. The summed E-state index contributed by atoms with van der Waals surface area (Å²) in [6, 6.07) is 0. The Kier molecular flexibility index (Phi) is 1.05. The van der Waals surface area contributed by atoms with E-state index in [0.29, 0.717) is 5.76 Å². The third kappa shape index (κ3) is 0.654. The van der Waals surface area contributed by atoms with Crippen molar-refractivity contribution >= 4 is 0 Å². The predicted molar refractivity (Wildman–Crippen MR) is 32.0 cm³/mol. The van der Waals surface area contributed by atoms with Gasteiger partial charge in [-0.1, -0.05) is 0 Å². The first-order chi connectivity index (χ1) is 4.81. The van der Waals surface area contributed by atoms with Gasteiger partial charge in [0.2, 0.25) is 0 Å². The van der Waals surface area contributed by atoms with Crippen molar-refractivity contribution in [2.24, 2.45) is 0 Å². The Morgan fingerprint density at radius 3 is 2.80 bits per heavy atom. The number of nitrogens with zero attached hydrogens (tertiary/aromatic N) is 2. The Morgan fingerprint density at radius 2 is 2.40 bits per heavy atom. The molecule has 0 amide bonds. The monoisotopic (exact) mass is 140 g/mol. The van der Waals surface area contributed by atoms with Gasteiger partial charge in [0.15, 0.2) is 5.76 Å². The van der Waals surface area contributed by atoms with Crippen LogP contribution >= 0.6 is 0 Å². The van der Waals surface area contributed by atoms with Crippen molar-refractivity contribution in [3.8, 4) is 0 Å². The number of hydrogen-bond acceptors (Lipinski definition) is 4. The summed E-state index contributed by atoms with van der Waals surface area (Å²) in [4.78, 5) is 0. The first-order valence-electron chi connectivity index (χ1n) is 3.31. The van der Waals surface area contributed by atoms with E-state index in [0.717, 1.165) is 19.3 Å². The topological polar surface area (TPSA) is 59.2 Å². The number of aliphatic hydroxyl groups is 1. The molecule has 0 unspecified atom stereocenters. The van der Waals surface area contributed by atoms with Crippen molar-refractivity contribution in [1.29, 1.82) is 0 Å². The van der Waals surface area contributed by atoms with Crippen LogP contribution in [0.5, 0.6) is 0 Å². The standard InChI is InChI=1S/C6H8N2O2/c9-6(2-1-3-6)5-4-7-8-10-5/h4,9H,1-3H2. The van der Waals surface area contributed by atoms with Crippen LogP contribution in [0.25, 0.3) is 0 Å². The zero-order valence-corrected chi connectivity index (χ0v) is 5.45. The highest BCUT2D eigenvalue weighted by molar-refractivity contribution is 5.06. The lowest BCUT2D eigenvalue weighted by molar-refractivity contribution is -0.0603. The molecular formula is C6H8N2O2. The molecule has 0 atom stereocenters. The molecule has 0 bridgehead atoms. The largest absolute Gasteiger partial charge is 0.382 e. The van der Waals surface area contributed by atoms with Gasteiger partial charge in [-0.05, 0) is 19.3 Å². The molecule has 0 spiro atoms. The van der Waals surface area contributed by atoms with Gasteiger partial charge in [-0.25, -0.2) is 0 Å². The summed E-state index contributed by atoms with van der Waals surface area (Å²) < 4.78 is 4.73. The van der Waals surface area contributed by atoms with E-state index in [9.17, 15) is 5.11 Å². The molecule has 1 aromatic heterocycles. The molecule has 1 N–H and O–H groups in total. The SMILES string of the molecule is OC1(c2cnno2)CCC1. The smallest absolute Gasteiger partial charge is 0.188 e. The molecule has 1 aliphatic carbocycles. The number of hydrogen-bond donors (Lipinski definition) is 1. The van der Waals surface area contributed by atoms with Crippen molar-refractivity contribution < 1.29 is 9.63 Å². The zero-order chi connectivity index (χ0) is 7.03. The van der Waals surface area contributed by atoms with Crippen molar-refractivity contribution in [2.75, 3.05) is 0 Å². The van der Waals surface area contributed by atoms with Crippen molar-refractivity contribution in [2.45, 2.75) is 24.9 Å². The number of aromatic nitrogens is 2. The second kappa shape index (κ2) is 1.79. The molecule has 1 aromatic rings. The van der Waals surface area contributed by atoms with Crippen molar-refractivity contribution in [3.05, 3.63) is 12.0 Å². The third-order valence-corrected chi connectivity index (χ3v) is 2.00. The summed E-state index contributed by atoms with van der Waals surface area (Å²) in [5.41, 5.74) is -0.747. The van der Waals surface area contributed by atoms with Crippen LogP contribution in [0.4, 0.5) is 0 Å². The molecule has 0 aromatic carbocycles. The molecule has 1 aliphatic rings. The Balaban J connectivity index is 2.27. The van der Waals surface area contributed by atoms with Crippen LogP contribution < -0.4 is 0 Å². The first kappa shape index (κ1) is 5.85. The molecule has 0 saturated heterocycles. The minimum Gasteiger partial charge on any atom is -0.382 e. The maximum atomic E-state index is 9.60. The summed E-state index contributed by atoms with van der Waals surface area (Å²) in [6.07, 6.45) is 4.06. The molecule has 1 heterocycles. The van der Waals surface area contributed by atoms with Gasteiger partial charge in [-0.2, -0.15) is 0 Å². The van der Waals surface area contributed by atoms with E-state index in [1.54, 1.807) is 0 Å². The average molecular weight is 140 g/mol. The Hall–Kier alpha value is -0.900. The van der Waals surface area contributed by atoms with E-state index in [1.165, 1.54) is 6.20 Å². The predicted octanol–water partition coefficient (Wildman–Crippen LogP) is 0.441. The van der Waals surface area contributed by atoms with Gasteiger partial charge in [0, 0.05) is 5.27 Å². The van der Waals surface area contributed by atoms with Gasteiger partial charge in [0.05, 0.1) is 6.20 Å². The van der Waals surface area contributed by atoms with Crippen LogP contribution in [-0.2, 0) is 5.60 Å². The van der Waals surface area contributed by atoms with Gasteiger partial charge in [-0.15, -0.1) is 5.10 Å². The second-order valence-corrected chi connectivity index (χ2v) is 2.67. The Morgan fingerprint density at radius 1 is 1.60 bits per heavy atom. The maximum Gasteiger partial charge on any atom is 0.188 e. The lowest BCUT2D eigenvalue weighted by atomic mass is 9.79. The molecule has 10 heavy (non-hydrogen) atoms. The molecular weight excluding hydrogens is 132 g/mol. The summed E-state index contributed by atoms with van der Waals surface area (Å²) >= 11 is 0. The minimum atomic E-state index is -0.747. The van der Waals surface area contributed by atoms with Gasteiger partial charge < -0.3 is 9.63 Å². The highest BCUT2D eigenvalue weighted by Crippen LogP contribution is 2.40. The fourth-order valence-electron chi connectivity index (χ4n) is 1.13. The van der Waals surface area contributed by atoms with Gasteiger partial charge >= 0.3 is 0 Å².